The summed E-state index contributed by atoms with van der Waals surface area (Å²) < 4.78 is 13.1. The number of hydrogen-bond donors (Lipinski definition) is 1. The minimum absolute atomic E-state index is 0.152. The van der Waals surface area contributed by atoms with Crippen molar-refractivity contribution in [3.63, 3.8) is 0 Å². The smallest absolute Gasteiger partial charge is 0.123 e. The third-order valence-corrected chi connectivity index (χ3v) is 3.69. The van der Waals surface area contributed by atoms with E-state index in [0.29, 0.717) is 5.92 Å². The maximum Gasteiger partial charge on any atom is 0.123 e. The van der Waals surface area contributed by atoms with Crippen LogP contribution in [-0.4, -0.2) is 6.54 Å². The first-order valence-electron chi connectivity index (χ1n) is 6.32. The lowest BCUT2D eigenvalue weighted by atomic mass is 9.86. The van der Waals surface area contributed by atoms with E-state index in [1.54, 1.807) is 12.1 Å². The van der Waals surface area contributed by atoms with E-state index in [1.807, 2.05) is 13.0 Å². The molecule has 1 atom stereocenters. The Morgan fingerprint density at radius 1 is 1.17 bits per heavy atom. The molecule has 0 amide bonds. The van der Waals surface area contributed by atoms with Crippen LogP contribution in [0, 0.1) is 12.7 Å². The minimum atomic E-state index is -0.152. The van der Waals surface area contributed by atoms with Crippen molar-refractivity contribution in [3.8, 4) is 0 Å². The lowest BCUT2D eigenvalue weighted by molar-refractivity contribution is 0.621. The predicted molar refractivity (Wildman–Crippen MR) is 72.5 cm³/mol. The Kier molecular flexibility index (Phi) is 2.78. The molecule has 18 heavy (non-hydrogen) atoms. The average molecular weight is 241 g/mol. The van der Waals surface area contributed by atoms with Crippen LogP contribution in [0.1, 0.15) is 22.6 Å². The summed E-state index contributed by atoms with van der Waals surface area (Å²) >= 11 is 0. The van der Waals surface area contributed by atoms with Gasteiger partial charge in [-0.1, -0.05) is 24.3 Å². The molecule has 92 valence electrons. The fraction of sp³-hybridized carbons (Fsp3) is 0.250. The van der Waals surface area contributed by atoms with Crippen LogP contribution in [0.25, 0.3) is 0 Å². The third-order valence-electron chi connectivity index (χ3n) is 3.69. The van der Waals surface area contributed by atoms with E-state index in [-0.39, 0.29) is 5.82 Å². The fourth-order valence-corrected chi connectivity index (χ4v) is 2.76. The van der Waals surface area contributed by atoms with Crippen LogP contribution >= 0.6 is 0 Å². The second-order valence-corrected chi connectivity index (χ2v) is 4.94. The molecule has 0 radical (unpaired) electrons. The van der Waals surface area contributed by atoms with Crippen molar-refractivity contribution in [2.45, 2.75) is 19.3 Å². The van der Waals surface area contributed by atoms with Crippen LogP contribution in [0.4, 0.5) is 10.1 Å². The lowest BCUT2D eigenvalue weighted by Gasteiger charge is -2.27. The topological polar surface area (TPSA) is 12.0 Å². The Labute approximate surface area is 107 Å². The zero-order valence-electron chi connectivity index (χ0n) is 10.4. The molecular weight excluding hydrogens is 225 g/mol. The second kappa shape index (κ2) is 4.45. The highest BCUT2D eigenvalue weighted by Crippen LogP contribution is 2.31. The number of rotatable bonds is 1. The van der Waals surface area contributed by atoms with Crippen molar-refractivity contribution < 1.29 is 4.39 Å². The fourth-order valence-electron chi connectivity index (χ4n) is 2.76. The summed E-state index contributed by atoms with van der Waals surface area (Å²) in [5.74, 6) is 0.279. The number of hydrogen-bond acceptors (Lipinski definition) is 1. The number of halogens is 1. The van der Waals surface area contributed by atoms with Crippen LogP contribution in [0.15, 0.2) is 42.5 Å². The molecule has 2 aromatic rings. The molecule has 0 bridgehead atoms. The number of para-hydroxylation sites is 1. The van der Waals surface area contributed by atoms with Crippen molar-refractivity contribution >= 4 is 5.69 Å². The van der Waals surface area contributed by atoms with Gasteiger partial charge in [-0.2, -0.15) is 0 Å². The predicted octanol–water partition coefficient (Wildman–Crippen LogP) is 3.89. The molecule has 0 aromatic heterocycles. The maximum absolute atomic E-state index is 13.1. The summed E-state index contributed by atoms with van der Waals surface area (Å²) in [6, 6.07) is 13.5. The molecule has 0 spiro atoms. The van der Waals surface area contributed by atoms with Gasteiger partial charge < -0.3 is 5.32 Å². The molecule has 0 saturated heterocycles. The largest absolute Gasteiger partial charge is 0.384 e. The first-order valence-corrected chi connectivity index (χ1v) is 6.32. The molecule has 1 nitrogen and oxygen atoms in total. The van der Waals surface area contributed by atoms with Crippen molar-refractivity contribution in [2.75, 3.05) is 11.9 Å². The van der Waals surface area contributed by atoms with Crippen LogP contribution < -0.4 is 5.32 Å². The quantitative estimate of drug-likeness (QED) is 0.798. The van der Waals surface area contributed by atoms with Gasteiger partial charge in [0.15, 0.2) is 0 Å². The van der Waals surface area contributed by atoms with Crippen LogP contribution in [-0.2, 0) is 6.42 Å². The minimum Gasteiger partial charge on any atom is -0.384 e. The zero-order valence-corrected chi connectivity index (χ0v) is 10.4. The summed E-state index contributed by atoms with van der Waals surface area (Å²) in [4.78, 5) is 0. The first-order chi connectivity index (χ1) is 8.74. The molecule has 3 rings (SSSR count). The molecule has 0 fully saturated rings. The van der Waals surface area contributed by atoms with Crippen molar-refractivity contribution in [3.05, 3.63) is 65.0 Å². The van der Waals surface area contributed by atoms with Crippen LogP contribution in [0.5, 0.6) is 0 Å². The highest BCUT2D eigenvalue weighted by atomic mass is 19.1. The molecule has 0 aliphatic carbocycles. The molecule has 1 unspecified atom stereocenters. The summed E-state index contributed by atoms with van der Waals surface area (Å²) in [7, 11) is 0. The molecule has 1 heterocycles. The zero-order chi connectivity index (χ0) is 12.5. The van der Waals surface area contributed by atoms with Gasteiger partial charge in [0.2, 0.25) is 0 Å². The Morgan fingerprint density at radius 2 is 2.00 bits per heavy atom. The highest BCUT2D eigenvalue weighted by molar-refractivity contribution is 5.54. The van der Waals surface area contributed by atoms with Crippen LogP contribution in [0.2, 0.25) is 0 Å². The summed E-state index contributed by atoms with van der Waals surface area (Å²) in [5.41, 5.74) is 4.87. The Hall–Kier alpha value is -1.83. The van der Waals surface area contributed by atoms with Gasteiger partial charge >= 0.3 is 0 Å². The Balaban J connectivity index is 1.92. The standard InChI is InChI=1S/C16H16FN/c1-11-8-14(17)6-7-15(11)13-9-12-4-2-3-5-16(12)18-10-13/h2-8,13,18H,9-10H2,1H3. The van der Waals surface area contributed by atoms with Crippen LogP contribution in [0.3, 0.4) is 0 Å². The van der Waals surface area contributed by atoms with Gasteiger partial charge in [0.05, 0.1) is 0 Å². The third kappa shape index (κ3) is 1.99. The molecule has 1 N–H and O–H groups in total. The summed E-state index contributed by atoms with van der Waals surface area (Å²) in [6.07, 6.45) is 1.02. The van der Waals surface area contributed by atoms with Gasteiger partial charge in [-0.05, 0) is 48.2 Å². The number of aryl methyl sites for hydroxylation is 1. The van der Waals surface area contributed by atoms with E-state index >= 15 is 0 Å². The molecule has 2 heteroatoms. The van der Waals surface area contributed by atoms with Crippen molar-refractivity contribution in [2.24, 2.45) is 0 Å². The highest BCUT2D eigenvalue weighted by Gasteiger charge is 2.20. The summed E-state index contributed by atoms with van der Waals surface area (Å²) in [5, 5.41) is 3.46. The van der Waals surface area contributed by atoms with E-state index in [2.05, 4.69) is 29.6 Å². The van der Waals surface area contributed by atoms with Crippen molar-refractivity contribution in [1.29, 1.82) is 0 Å². The molecule has 1 aliphatic rings. The maximum atomic E-state index is 13.1. The Bertz CT molecular complexity index is 577. The van der Waals surface area contributed by atoms with Gasteiger partial charge in [-0.15, -0.1) is 0 Å². The number of benzene rings is 2. The van der Waals surface area contributed by atoms with Gasteiger partial charge in [0.1, 0.15) is 5.82 Å². The second-order valence-electron chi connectivity index (χ2n) is 4.94. The van der Waals surface area contributed by atoms with E-state index < -0.39 is 0 Å². The van der Waals surface area contributed by atoms with E-state index in [0.717, 1.165) is 18.5 Å². The Morgan fingerprint density at radius 3 is 2.83 bits per heavy atom. The lowest BCUT2D eigenvalue weighted by Crippen LogP contribution is -2.22. The number of nitrogens with one attached hydrogen (secondary N) is 1. The van der Waals surface area contributed by atoms with E-state index in [1.165, 1.54) is 16.8 Å². The molecular formula is C16H16FN. The average Bonchev–Trinajstić information content (AvgIpc) is 2.38. The molecule has 2 aromatic carbocycles. The summed E-state index contributed by atoms with van der Waals surface area (Å²) in [6.45, 7) is 2.91. The van der Waals surface area contributed by atoms with E-state index in [4.69, 9.17) is 0 Å². The molecule has 1 aliphatic heterocycles. The van der Waals surface area contributed by atoms with Gasteiger partial charge in [0.25, 0.3) is 0 Å². The monoisotopic (exact) mass is 241 g/mol. The normalized spacial score (nSPS) is 18.0. The van der Waals surface area contributed by atoms with E-state index in [9.17, 15) is 4.39 Å². The SMILES string of the molecule is Cc1cc(F)ccc1C1CNc2ccccc2C1. The number of fused-ring (bicyclic) bond motifs is 1. The van der Waals surface area contributed by atoms with Gasteiger partial charge in [-0.25, -0.2) is 4.39 Å². The number of anilines is 1. The van der Waals surface area contributed by atoms with Crippen molar-refractivity contribution in [1.82, 2.24) is 0 Å². The first kappa shape index (κ1) is 11.3. The molecule has 0 saturated carbocycles. The van der Waals surface area contributed by atoms with Gasteiger partial charge in [0, 0.05) is 18.2 Å². The van der Waals surface area contributed by atoms with Gasteiger partial charge in [-0.3, -0.25) is 0 Å².